The standard InChI is InChI=1S/C14H20N4O/c1-4-15-11(3)13-17-18-14(19-13)16-9-12-7-5-6-10(2)8-12/h5-8,11,15H,4,9H2,1-3H3,(H,16,18). The van der Waals surface area contributed by atoms with Crippen LogP contribution in [0.2, 0.25) is 0 Å². The van der Waals surface area contributed by atoms with Gasteiger partial charge in [-0.2, -0.15) is 0 Å². The smallest absolute Gasteiger partial charge is 0.315 e. The van der Waals surface area contributed by atoms with Gasteiger partial charge in [-0.1, -0.05) is 41.9 Å². The average molecular weight is 260 g/mol. The molecule has 1 heterocycles. The van der Waals surface area contributed by atoms with Gasteiger partial charge in [-0.15, -0.1) is 5.10 Å². The monoisotopic (exact) mass is 260 g/mol. The third-order valence-corrected chi connectivity index (χ3v) is 2.85. The normalized spacial score (nSPS) is 12.4. The Balaban J connectivity index is 1.93. The Kier molecular flexibility index (Phi) is 4.52. The molecule has 5 nitrogen and oxygen atoms in total. The van der Waals surface area contributed by atoms with Crippen LogP contribution in [0.1, 0.15) is 36.9 Å². The second-order valence-electron chi connectivity index (χ2n) is 4.57. The molecule has 1 atom stereocenters. The molecule has 1 aromatic carbocycles. The van der Waals surface area contributed by atoms with Crippen molar-refractivity contribution in [1.29, 1.82) is 0 Å². The van der Waals surface area contributed by atoms with E-state index in [0.717, 1.165) is 6.54 Å². The van der Waals surface area contributed by atoms with Gasteiger partial charge in [-0.25, -0.2) is 0 Å². The molecule has 0 saturated heterocycles. The molecule has 5 heteroatoms. The van der Waals surface area contributed by atoms with E-state index >= 15 is 0 Å². The van der Waals surface area contributed by atoms with E-state index in [1.165, 1.54) is 11.1 Å². The van der Waals surface area contributed by atoms with Crippen LogP contribution in [0.25, 0.3) is 0 Å². The fraction of sp³-hybridized carbons (Fsp3) is 0.429. The molecule has 0 aliphatic heterocycles. The summed E-state index contributed by atoms with van der Waals surface area (Å²) in [4.78, 5) is 0. The maximum absolute atomic E-state index is 5.55. The Hall–Kier alpha value is -1.88. The summed E-state index contributed by atoms with van der Waals surface area (Å²) in [6, 6.07) is 8.85. The Morgan fingerprint density at radius 3 is 2.89 bits per heavy atom. The molecule has 2 aromatic rings. The first-order valence-electron chi connectivity index (χ1n) is 6.55. The number of hydrogen-bond donors (Lipinski definition) is 2. The molecule has 0 amide bonds. The fourth-order valence-electron chi connectivity index (χ4n) is 1.87. The molecule has 0 aliphatic rings. The minimum atomic E-state index is 0.0759. The molecule has 0 bridgehead atoms. The topological polar surface area (TPSA) is 63.0 Å². The second-order valence-corrected chi connectivity index (χ2v) is 4.57. The second kappa shape index (κ2) is 6.33. The number of anilines is 1. The van der Waals surface area contributed by atoms with Crippen molar-refractivity contribution in [1.82, 2.24) is 15.5 Å². The van der Waals surface area contributed by atoms with Crippen LogP contribution < -0.4 is 10.6 Å². The SMILES string of the molecule is CCNC(C)c1nnc(NCc2cccc(C)c2)o1. The van der Waals surface area contributed by atoms with Gasteiger partial charge in [0.05, 0.1) is 6.04 Å². The first-order chi connectivity index (χ1) is 9.19. The van der Waals surface area contributed by atoms with Crippen LogP contribution in [0.4, 0.5) is 6.01 Å². The Morgan fingerprint density at radius 2 is 2.16 bits per heavy atom. The highest BCUT2D eigenvalue weighted by Gasteiger charge is 2.12. The molecule has 19 heavy (non-hydrogen) atoms. The average Bonchev–Trinajstić information content (AvgIpc) is 2.86. The summed E-state index contributed by atoms with van der Waals surface area (Å²) in [5.41, 5.74) is 2.44. The lowest BCUT2D eigenvalue weighted by atomic mass is 10.1. The lowest BCUT2D eigenvalue weighted by Crippen LogP contribution is -2.17. The van der Waals surface area contributed by atoms with E-state index in [-0.39, 0.29) is 6.04 Å². The molecule has 1 unspecified atom stereocenters. The molecule has 1 aromatic heterocycles. The molecule has 0 spiro atoms. The minimum Gasteiger partial charge on any atom is -0.406 e. The van der Waals surface area contributed by atoms with Gasteiger partial charge in [0.1, 0.15) is 0 Å². The summed E-state index contributed by atoms with van der Waals surface area (Å²) in [5.74, 6) is 0.605. The van der Waals surface area contributed by atoms with Crippen LogP contribution in [-0.2, 0) is 6.54 Å². The van der Waals surface area contributed by atoms with E-state index < -0.39 is 0 Å². The first kappa shape index (κ1) is 13.5. The Labute approximate surface area is 113 Å². The quantitative estimate of drug-likeness (QED) is 0.836. The first-order valence-corrected chi connectivity index (χ1v) is 6.55. The molecule has 2 N–H and O–H groups in total. The number of rotatable bonds is 6. The van der Waals surface area contributed by atoms with E-state index in [4.69, 9.17) is 4.42 Å². The van der Waals surface area contributed by atoms with E-state index in [0.29, 0.717) is 18.5 Å². The summed E-state index contributed by atoms with van der Waals surface area (Å²) >= 11 is 0. The van der Waals surface area contributed by atoms with Crippen molar-refractivity contribution in [2.75, 3.05) is 11.9 Å². The van der Waals surface area contributed by atoms with Gasteiger partial charge in [-0.3, -0.25) is 0 Å². The zero-order chi connectivity index (χ0) is 13.7. The predicted octanol–water partition coefficient (Wildman–Crippen LogP) is 2.66. The summed E-state index contributed by atoms with van der Waals surface area (Å²) in [6.45, 7) is 7.67. The maximum atomic E-state index is 5.55. The molecule has 0 radical (unpaired) electrons. The van der Waals surface area contributed by atoms with E-state index in [9.17, 15) is 0 Å². The molecular formula is C14H20N4O. The van der Waals surface area contributed by atoms with Gasteiger partial charge in [0.25, 0.3) is 0 Å². The summed E-state index contributed by atoms with van der Waals surface area (Å²) < 4.78 is 5.55. The molecule has 0 aliphatic carbocycles. The van der Waals surface area contributed by atoms with Gasteiger partial charge < -0.3 is 15.1 Å². The molecule has 102 valence electrons. The third-order valence-electron chi connectivity index (χ3n) is 2.85. The maximum Gasteiger partial charge on any atom is 0.315 e. The predicted molar refractivity (Wildman–Crippen MR) is 74.9 cm³/mol. The number of hydrogen-bond acceptors (Lipinski definition) is 5. The fourth-order valence-corrected chi connectivity index (χ4v) is 1.87. The number of nitrogens with zero attached hydrogens (tertiary/aromatic N) is 2. The number of nitrogens with one attached hydrogen (secondary N) is 2. The number of benzene rings is 1. The van der Waals surface area contributed by atoms with Crippen molar-refractivity contribution < 1.29 is 4.42 Å². The van der Waals surface area contributed by atoms with E-state index in [2.05, 4.69) is 46.0 Å². The van der Waals surface area contributed by atoms with Gasteiger partial charge in [0.15, 0.2) is 0 Å². The number of aryl methyl sites for hydroxylation is 1. The minimum absolute atomic E-state index is 0.0759. The van der Waals surface area contributed by atoms with Crippen LogP contribution in [0, 0.1) is 6.92 Å². The summed E-state index contributed by atoms with van der Waals surface area (Å²) in [5, 5.41) is 14.4. The highest BCUT2D eigenvalue weighted by atomic mass is 16.4. The van der Waals surface area contributed by atoms with Crippen LogP contribution in [0.3, 0.4) is 0 Å². The van der Waals surface area contributed by atoms with Crippen molar-refractivity contribution in [3.05, 3.63) is 41.3 Å². The Morgan fingerprint density at radius 1 is 1.32 bits per heavy atom. The molecule has 0 saturated carbocycles. The van der Waals surface area contributed by atoms with Gasteiger partial charge in [-0.05, 0) is 26.0 Å². The van der Waals surface area contributed by atoms with Crippen molar-refractivity contribution in [3.63, 3.8) is 0 Å². The van der Waals surface area contributed by atoms with E-state index in [1.54, 1.807) is 0 Å². The molecule has 2 rings (SSSR count). The largest absolute Gasteiger partial charge is 0.406 e. The van der Waals surface area contributed by atoms with Crippen molar-refractivity contribution in [3.8, 4) is 0 Å². The zero-order valence-corrected chi connectivity index (χ0v) is 11.6. The lowest BCUT2D eigenvalue weighted by Gasteiger charge is -2.06. The van der Waals surface area contributed by atoms with Gasteiger partial charge in [0.2, 0.25) is 5.89 Å². The van der Waals surface area contributed by atoms with Crippen molar-refractivity contribution >= 4 is 6.01 Å². The zero-order valence-electron chi connectivity index (χ0n) is 11.6. The van der Waals surface area contributed by atoms with Crippen LogP contribution >= 0.6 is 0 Å². The number of aromatic nitrogens is 2. The molecule has 0 fully saturated rings. The van der Waals surface area contributed by atoms with Crippen LogP contribution in [-0.4, -0.2) is 16.7 Å². The Bertz CT molecular complexity index is 524. The summed E-state index contributed by atoms with van der Waals surface area (Å²) in [6.07, 6.45) is 0. The third kappa shape index (κ3) is 3.79. The van der Waals surface area contributed by atoms with Crippen molar-refractivity contribution in [2.45, 2.75) is 33.4 Å². The highest BCUT2D eigenvalue weighted by molar-refractivity contribution is 5.27. The van der Waals surface area contributed by atoms with E-state index in [1.807, 2.05) is 19.9 Å². The summed E-state index contributed by atoms with van der Waals surface area (Å²) in [7, 11) is 0. The van der Waals surface area contributed by atoms with Crippen LogP contribution in [0.15, 0.2) is 28.7 Å². The lowest BCUT2D eigenvalue weighted by molar-refractivity contribution is 0.428. The van der Waals surface area contributed by atoms with Crippen LogP contribution in [0.5, 0.6) is 0 Å². The van der Waals surface area contributed by atoms with Gasteiger partial charge >= 0.3 is 6.01 Å². The van der Waals surface area contributed by atoms with Gasteiger partial charge in [0, 0.05) is 6.54 Å². The van der Waals surface area contributed by atoms with Crippen molar-refractivity contribution in [2.24, 2.45) is 0 Å². The highest BCUT2D eigenvalue weighted by Crippen LogP contribution is 2.14. The molecular weight excluding hydrogens is 240 g/mol.